The molecule has 2 aromatic rings. The van der Waals surface area contributed by atoms with E-state index in [0.29, 0.717) is 18.0 Å². The summed E-state index contributed by atoms with van der Waals surface area (Å²) < 4.78 is 16.1. The molecule has 2 atom stereocenters. The fourth-order valence-corrected chi connectivity index (χ4v) is 3.15. The van der Waals surface area contributed by atoms with E-state index in [1.165, 1.54) is 11.0 Å². The van der Waals surface area contributed by atoms with Crippen LogP contribution in [0.15, 0.2) is 55.3 Å². The zero-order valence-corrected chi connectivity index (χ0v) is 16.2. The summed E-state index contributed by atoms with van der Waals surface area (Å²) in [5, 5.41) is 9.94. The van der Waals surface area contributed by atoms with Gasteiger partial charge in [0.15, 0.2) is 0 Å². The van der Waals surface area contributed by atoms with Crippen molar-refractivity contribution in [1.82, 2.24) is 4.57 Å². The molecular weight excluding hydrogens is 327 g/mol. The van der Waals surface area contributed by atoms with Crippen molar-refractivity contribution in [2.75, 3.05) is 13.2 Å². The highest BCUT2D eigenvalue weighted by Gasteiger charge is 2.32. The molecule has 0 spiro atoms. The molecular formula is C22H32FN2O+. The molecule has 0 aliphatic carbocycles. The largest absolute Gasteiger partial charge is 0.390 e. The lowest BCUT2D eigenvalue weighted by molar-refractivity contribution is -0.957. The Morgan fingerprint density at radius 1 is 1.27 bits per heavy atom. The molecule has 26 heavy (non-hydrogen) atoms. The van der Waals surface area contributed by atoms with Gasteiger partial charge in [-0.15, -0.1) is 0 Å². The highest BCUT2D eigenvalue weighted by Crippen LogP contribution is 2.12. The van der Waals surface area contributed by atoms with Crippen molar-refractivity contribution in [2.24, 2.45) is 5.92 Å². The molecule has 0 fully saturated rings. The van der Waals surface area contributed by atoms with Gasteiger partial charge < -0.3 is 14.6 Å². The van der Waals surface area contributed by atoms with Gasteiger partial charge in [-0.3, -0.25) is 0 Å². The minimum atomic E-state index is -0.401. The van der Waals surface area contributed by atoms with Crippen LogP contribution in [0.3, 0.4) is 0 Å². The summed E-state index contributed by atoms with van der Waals surface area (Å²) in [4.78, 5) is 1.28. The standard InChI is InChI=1S/C22H31FN2O/c1-5-22(4,17-26)25(14-12-18(2)3)16-20-10-8-13-24(20)15-19-9-6-7-11-21(19)23/h5-11,13,18,26H,1,12,14-17H2,2-4H3/p+1/t22-/m0/s1. The molecule has 1 aromatic carbocycles. The molecule has 4 heteroatoms. The smallest absolute Gasteiger partial charge is 0.137 e. The van der Waals surface area contributed by atoms with Crippen molar-refractivity contribution in [3.63, 3.8) is 0 Å². The Morgan fingerprint density at radius 2 is 2.00 bits per heavy atom. The van der Waals surface area contributed by atoms with E-state index in [9.17, 15) is 9.50 Å². The maximum Gasteiger partial charge on any atom is 0.137 e. The van der Waals surface area contributed by atoms with Gasteiger partial charge in [0.1, 0.15) is 24.5 Å². The second-order valence-corrected chi connectivity index (χ2v) is 7.71. The van der Waals surface area contributed by atoms with Crippen LogP contribution < -0.4 is 4.90 Å². The molecule has 142 valence electrons. The Balaban J connectivity index is 2.22. The normalized spacial score (nSPS) is 15.0. The monoisotopic (exact) mass is 359 g/mol. The van der Waals surface area contributed by atoms with Crippen LogP contribution in [-0.2, 0) is 13.1 Å². The second kappa shape index (κ2) is 9.15. The molecule has 1 heterocycles. The van der Waals surface area contributed by atoms with Crippen molar-refractivity contribution in [3.05, 3.63) is 72.3 Å². The van der Waals surface area contributed by atoms with E-state index in [1.54, 1.807) is 6.07 Å². The minimum absolute atomic E-state index is 0.0535. The zero-order chi connectivity index (χ0) is 19.2. The van der Waals surface area contributed by atoms with Crippen LogP contribution in [0.1, 0.15) is 38.4 Å². The summed E-state index contributed by atoms with van der Waals surface area (Å²) in [6.07, 6.45) is 4.92. The van der Waals surface area contributed by atoms with Crippen molar-refractivity contribution < 1.29 is 14.4 Å². The summed E-state index contributed by atoms with van der Waals surface area (Å²) in [5.41, 5.74) is 1.41. The van der Waals surface area contributed by atoms with Gasteiger partial charge in [0.25, 0.3) is 0 Å². The fourth-order valence-electron chi connectivity index (χ4n) is 3.15. The summed E-state index contributed by atoms with van der Waals surface area (Å²) in [5.74, 6) is 0.422. The van der Waals surface area contributed by atoms with Crippen molar-refractivity contribution in [1.29, 1.82) is 0 Å². The van der Waals surface area contributed by atoms with E-state index in [-0.39, 0.29) is 12.4 Å². The van der Waals surface area contributed by atoms with Gasteiger partial charge in [-0.1, -0.05) is 38.6 Å². The van der Waals surface area contributed by atoms with E-state index < -0.39 is 5.54 Å². The Labute approximate surface area is 156 Å². The first-order chi connectivity index (χ1) is 12.4. The van der Waals surface area contributed by atoms with Crippen LogP contribution >= 0.6 is 0 Å². The molecule has 0 amide bonds. The van der Waals surface area contributed by atoms with Crippen LogP contribution in [0.5, 0.6) is 0 Å². The number of aliphatic hydroxyl groups excluding tert-OH is 1. The van der Waals surface area contributed by atoms with E-state index in [4.69, 9.17) is 0 Å². The molecule has 3 nitrogen and oxygen atoms in total. The Bertz CT molecular complexity index is 710. The van der Waals surface area contributed by atoms with Gasteiger partial charge in [0, 0.05) is 11.8 Å². The number of aliphatic hydroxyl groups is 1. The van der Waals surface area contributed by atoms with Crippen LogP contribution in [0.2, 0.25) is 0 Å². The number of quaternary nitrogens is 1. The predicted molar refractivity (Wildman–Crippen MR) is 105 cm³/mol. The molecule has 0 aliphatic heterocycles. The summed E-state index contributed by atoms with van der Waals surface area (Å²) in [6.45, 7) is 12.7. The third-order valence-electron chi connectivity index (χ3n) is 5.23. The maximum atomic E-state index is 14.0. The zero-order valence-electron chi connectivity index (χ0n) is 16.2. The van der Waals surface area contributed by atoms with Gasteiger partial charge >= 0.3 is 0 Å². The van der Waals surface area contributed by atoms with E-state index >= 15 is 0 Å². The van der Waals surface area contributed by atoms with Gasteiger partial charge in [0.2, 0.25) is 0 Å². The molecule has 0 radical (unpaired) electrons. The number of benzene rings is 1. The Hall–Kier alpha value is -1.91. The van der Waals surface area contributed by atoms with E-state index in [1.807, 2.05) is 37.4 Å². The van der Waals surface area contributed by atoms with Crippen molar-refractivity contribution in [2.45, 2.75) is 45.8 Å². The fraction of sp³-hybridized carbons (Fsp3) is 0.455. The lowest BCUT2D eigenvalue weighted by atomic mass is 9.99. The molecule has 0 bridgehead atoms. The minimum Gasteiger partial charge on any atom is -0.390 e. The summed E-state index contributed by atoms with van der Waals surface area (Å²) in [6, 6.07) is 11.0. The van der Waals surface area contributed by atoms with E-state index in [2.05, 4.69) is 31.1 Å². The van der Waals surface area contributed by atoms with Gasteiger partial charge in [-0.2, -0.15) is 0 Å². The molecule has 0 saturated heterocycles. The molecule has 2 N–H and O–H groups in total. The average Bonchev–Trinajstić information content (AvgIpc) is 3.06. The number of nitrogens with one attached hydrogen (secondary N) is 1. The number of hydrogen-bond donors (Lipinski definition) is 2. The summed E-state index contributed by atoms with van der Waals surface area (Å²) >= 11 is 0. The number of halogens is 1. The van der Waals surface area contributed by atoms with Gasteiger partial charge in [0.05, 0.1) is 18.8 Å². The van der Waals surface area contributed by atoms with Crippen molar-refractivity contribution in [3.8, 4) is 0 Å². The average molecular weight is 360 g/mol. The Morgan fingerprint density at radius 3 is 2.62 bits per heavy atom. The maximum absolute atomic E-state index is 14.0. The highest BCUT2D eigenvalue weighted by molar-refractivity contribution is 5.19. The number of rotatable bonds is 10. The molecule has 1 unspecified atom stereocenters. The van der Waals surface area contributed by atoms with Crippen LogP contribution in [0.25, 0.3) is 0 Å². The first-order valence-electron chi connectivity index (χ1n) is 9.36. The molecule has 0 aliphatic rings. The van der Waals surface area contributed by atoms with Gasteiger partial charge in [-0.25, -0.2) is 4.39 Å². The highest BCUT2D eigenvalue weighted by atomic mass is 19.1. The number of aromatic nitrogens is 1. The molecule has 2 rings (SSSR count). The third-order valence-corrected chi connectivity index (χ3v) is 5.23. The first-order valence-corrected chi connectivity index (χ1v) is 9.36. The number of hydrogen-bond acceptors (Lipinski definition) is 1. The topological polar surface area (TPSA) is 29.6 Å². The van der Waals surface area contributed by atoms with Gasteiger partial charge in [-0.05, 0) is 43.5 Å². The van der Waals surface area contributed by atoms with Crippen molar-refractivity contribution >= 4 is 0 Å². The SMILES string of the molecule is C=C[C@@](C)(CO)[NH+](CCC(C)C)Cc1cccn1Cc1ccccc1F. The van der Waals surface area contributed by atoms with Crippen LogP contribution in [-0.4, -0.2) is 28.4 Å². The predicted octanol–water partition coefficient (Wildman–Crippen LogP) is 3.04. The second-order valence-electron chi connectivity index (χ2n) is 7.71. The third kappa shape index (κ3) is 5.05. The van der Waals surface area contributed by atoms with E-state index in [0.717, 1.165) is 25.2 Å². The van der Waals surface area contributed by atoms with Crippen LogP contribution in [0, 0.1) is 11.7 Å². The first kappa shape index (κ1) is 20.4. The lowest BCUT2D eigenvalue weighted by Gasteiger charge is -2.35. The lowest BCUT2D eigenvalue weighted by Crippen LogP contribution is -3.19. The quantitative estimate of drug-likeness (QED) is 0.628. The number of nitrogens with zero attached hydrogens (tertiary/aromatic N) is 1. The molecule has 0 saturated carbocycles. The molecule has 1 aromatic heterocycles. The Kier molecular flexibility index (Phi) is 7.18. The summed E-state index contributed by atoms with van der Waals surface area (Å²) in [7, 11) is 0. The van der Waals surface area contributed by atoms with Crippen LogP contribution in [0.4, 0.5) is 4.39 Å².